The number of fused-ring (bicyclic) bond motifs is 2. The second-order valence-corrected chi connectivity index (χ2v) is 7.37. The van der Waals surface area contributed by atoms with Gasteiger partial charge in [0.1, 0.15) is 5.75 Å². The first-order valence-corrected chi connectivity index (χ1v) is 10.2. The summed E-state index contributed by atoms with van der Waals surface area (Å²) in [5.41, 5.74) is 3.98. The number of methoxy groups -OCH3 is 1. The lowest BCUT2D eigenvalue weighted by molar-refractivity contribution is 0.174. The van der Waals surface area contributed by atoms with Crippen LogP contribution in [0, 0.1) is 0 Å². The van der Waals surface area contributed by atoms with Gasteiger partial charge in [0.2, 0.25) is 6.79 Å². The van der Waals surface area contributed by atoms with E-state index in [-0.39, 0.29) is 6.79 Å². The number of nitrogens with zero attached hydrogens (tertiary/aromatic N) is 1. The van der Waals surface area contributed by atoms with Gasteiger partial charge in [-0.1, -0.05) is 6.07 Å². The highest BCUT2D eigenvalue weighted by Gasteiger charge is 2.16. The van der Waals surface area contributed by atoms with Crippen molar-refractivity contribution < 1.29 is 14.2 Å². The molecule has 2 heterocycles. The van der Waals surface area contributed by atoms with Crippen molar-refractivity contribution in [2.24, 2.45) is 0 Å². The maximum atomic E-state index is 5.49. The van der Waals surface area contributed by atoms with Crippen LogP contribution in [0.15, 0.2) is 42.6 Å². The van der Waals surface area contributed by atoms with E-state index in [0.29, 0.717) is 6.04 Å². The molecule has 1 aromatic heterocycles. The summed E-state index contributed by atoms with van der Waals surface area (Å²) in [6, 6.07) is 12.3. The number of hydrogen-bond donors (Lipinski definition) is 3. The van der Waals surface area contributed by atoms with Gasteiger partial charge < -0.3 is 30.2 Å². The van der Waals surface area contributed by atoms with Gasteiger partial charge in [-0.05, 0) is 31.9 Å². The first-order valence-electron chi connectivity index (χ1n) is 10.2. The van der Waals surface area contributed by atoms with Crippen molar-refractivity contribution in [1.29, 1.82) is 0 Å². The number of ether oxygens (including phenoxy) is 3. The Morgan fingerprint density at radius 1 is 1.10 bits per heavy atom. The number of anilines is 3. The van der Waals surface area contributed by atoms with Crippen LogP contribution in [0.2, 0.25) is 0 Å². The summed E-state index contributed by atoms with van der Waals surface area (Å²) in [7, 11) is 3.59. The summed E-state index contributed by atoms with van der Waals surface area (Å²) >= 11 is 0. The highest BCUT2D eigenvalue weighted by Crippen LogP contribution is 2.39. The molecule has 1 atom stereocenters. The van der Waals surface area contributed by atoms with Gasteiger partial charge in [-0.15, -0.1) is 0 Å². The molecule has 30 heavy (non-hydrogen) atoms. The van der Waals surface area contributed by atoms with Gasteiger partial charge >= 0.3 is 0 Å². The van der Waals surface area contributed by atoms with E-state index in [1.807, 2.05) is 43.6 Å². The van der Waals surface area contributed by atoms with Crippen LogP contribution < -0.4 is 30.2 Å². The molecule has 0 saturated heterocycles. The van der Waals surface area contributed by atoms with Crippen molar-refractivity contribution in [3.8, 4) is 17.2 Å². The van der Waals surface area contributed by atoms with Crippen LogP contribution in [-0.4, -0.2) is 38.5 Å². The molecule has 158 valence electrons. The summed E-state index contributed by atoms with van der Waals surface area (Å²) in [5, 5.41) is 11.4. The van der Waals surface area contributed by atoms with Crippen molar-refractivity contribution in [3.05, 3.63) is 42.6 Å². The number of rotatable bonds is 9. The van der Waals surface area contributed by atoms with E-state index >= 15 is 0 Å². The summed E-state index contributed by atoms with van der Waals surface area (Å²) in [5.74, 6) is 2.39. The molecule has 7 heteroatoms. The Hall–Kier alpha value is -3.35. The lowest BCUT2D eigenvalue weighted by atomic mass is 10.1. The molecule has 0 radical (unpaired) electrons. The normalized spacial score (nSPS) is 13.2. The molecule has 1 unspecified atom stereocenters. The van der Waals surface area contributed by atoms with Gasteiger partial charge in [0.05, 0.1) is 29.7 Å². The third-order valence-electron chi connectivity index (χ3n) is 5.23. The van der Waals surface area contributed by atoms with Crippen molar-refractivity contribution in [2.75, 3.05) is 43.4 Å². The summed E-state index contributed by atoms with van der Waals surface area (Å²) < 4.78 is 16.4. The fourth-order valence-electron chi connectivity index (χ4n) is 3.66. The third-order valence-corrected chi connectivity index (χ3v) is 5.23. The monoisotopic (exact) mass is 408 g/mol. The minimum absolute atomic E-state index is 0.277. The van der Waals surface area contributed by atoms with Crippen molar-refractivity contribution >= 4 is 28.0 Å². The first-order chi connectivity index (χ1) is 14.7. The number of hydrogen-bond acceptors (Lipinski definition) is 7. The van der Waals surface area contributed by atoms with Crippen LogP contribution in [0.1, 0.15) is 19.8 Å². The molecule has 0 fully saturated rings. The lowest BCUT2D eigenvalue weighted by Crippen LogP contribution is -2.17. The molecule has 0 amide bonds. The zero-order valence-corrected chi connectivity index (χ0v) is 17.6. The van der Waals surface area contributed by atoms with E-state index in [9.17, 15) is 0 Å². The van der Waals surface area contributed by atoms with Crippen molar-refractivity contribution in [1.82, 2.24) is 4.98 Å². The van der Waals surface area contributed by atoms with E-state index in [0.717, 1.165) is 64.6 Å². The molecule has 7 nitrogen and oxygen atoms in total. The van der Waals surface area contributed by atoms with E-state index in [1.54, 1.807) is 7.11 Å². The second-order valence-electron chi connectivity index (χ2n) is 7.37. The Balaban J connectivity index is 1.34. The standard InChI is InChI=1S/C23H28N4O3/c1-15(27-20-11-17(28-3)10-16-7-5-9-26-23(16)20)6-4-8-25-19-13-22-21(29-14-30-22)12-18(19)24-2/h5,7,9-13,15,24-25,27H,4,6,8,14H2,1-3H3. The van der Waals surface area contributed by atoms with E-state index < -0.39 is 0 Å². The smallest absolute Gasteiger partial charge is 0.231 e. The van der Waals surface area contributed by atoms with E-state index in [1.165, 1.54) is 0 Å². The Labute approximate surface area is 176 Å². The van der Waals surface area contributed by atoms with E-state index in [2.05, 4.69) is 33.9 Å². The molecule has 0 saturated carbocycles. The van der Waals surface area contributed by atoms with Crippen LogP contribution in [-0.2, 0) is 0 Å². The molecule has 3 aromatic rings. The summed E-state index contributed by atoms with van der Waals surface area (Å²) in [6.07, 6.45) is 3.85. The van der Waals surface area contributed by atoms with Crippen LogP contribution >= 0.6 is 0 Å². The third kappa shape index (κ3) is 4.30. The molecule has 4 rings (SSSR count). The molecular formula is C23H28N4O3. The first kappa shape index (κ1) is 19.9. The van der Waals surface area contributed by atoms with Gasteiger partial charge in [0.15, 0.2) is 11.5 Å². The van der Waals surface area contributed by atoms with Gasteiger partial charge in [0.25, 0.3) is 0 Å². The predicted molar refractivity (Wildman–Crippen MR) is 121 cm³/mol. The van der Waals surface area contributed by atoms with Gasteiger partial charge in [0, 0.05) is 49.4 Å². The average molecular weight is 409 g/mol. The SMILES string of the molecule is CNc1cc2c(cc1NCCCC(C)Nc1cc(OC)cc3cccnc13)OCO2. The number of nitrogens with one attached hydrogen (secondary N) is 3. The van der Waals surface area contributed by atoms with Gasteiger partial charge in [-0.25, -0.2) is 0 Å². The Morgan fingerprint density at radius 2 is 1.90 bits per heavy atom. The quantitative estimate of drug-likeness (QED) is 0.443. The minimum Gasteiger partial charge on any atom is -0.497 e. The average Bonchev–Trinajstić information content (AvgIpc) is 3.23. The maximum absolute atomic E-state index is 5.49. The van der Waals surface area contributed by atoms with Gasteiger partial charge in [-0.2, -0.15) is 0 Å². The van der Waals surface area contributed by atoms with Crippen molar-refractivity contribution in [3.63, 3.8) is 0 Å². The Kier molecular flexibility index (Phi) is 5.97. The Bertz CT molecular complexity index is 1020. The zero-order valence-electron chi connectivity index (χ0n) is 17.6. The number of aromatic nitrogens is 1. The number of pyridine rings is 1. The molecule has 2 aromatic carbocycles. The van der Waals surface area contributed by atoms with Crippen LogP contribution in [0.4, 0.5) is 17.1 Å². The molecule has 3 N–H and O–H groups in total. The number of benzene rings is 2. The largest absolute Gasteiger partial charge is 0.497 e. The highest BCUT2D eigenvalue weighted by molar-refractivity contribution is 5.91. The van der Waals surface area contributed by atoms with Crippen LogP contribution in [0.3, 0.4) is 0 Å². The maximum Gasteiger partial charge on any atom is 0.231 e. The van der Waals surface area contributed by atoms with Crippen LogP contribution in [0.5, 0.6) is 17.2 Å². The minimum atomic E-state index is 0.277. The van der Waals surface area contributed by atoms with Crippen LogP contribution in [0.25, 0.3) is 10.9 Å². The fourth-order valence-corrected chi connectivity index (χ4v) is 3.66. The lowest BCUT2D eigenvalue weighted by Gasteiger charge is -2.18. The molecule has 1 aliphatic rings. The topological polar surface area (TPSA) is 76.7 Å². The molecule has 0 aliphatic carbocycles. The van der Waals surface area contributed by atoms with Crippen molar-refractivity contribution in [2.45, 2.75) is 25.8 Å². The summed E-state index contributed by atoms with van der Waals surface area (Å²) in [4.78, 5) is 4.53. The summed E-state index contributed by atoms with van der Waals surface area (Å²) in [6.45, 7) is 3.32. The molecule has 0 spiro atoms. The molecule has 0 bridgehead atoms. The fraction of sp³-hybridized carbons (Fsp3) is 0.348. The van der Waals surface area contributed by atoms with E-state index in [4.69, 9.17) is 14.2 Å². The second kappa shape index (κ2) is 8.98. The Morgan fingerprint density at radius 3 is 2.67 bits per heavy atom. The zero-order chi connectivity index (χ0) is 20.9. The molecular weight excluding hydrogens is 380 g/mol. The predicted octanol–water partition coefficient (Wildman–Crippen LogP) is 4.71. The van der Waals surface area contributed by atoms with Gasteiger partial charge in [-0.3, -0.25) is 4.98 Å². The highest BCUT2D eigenvalue weighted by atomic mass is 16.7. The molecule has 1 aliphatic heterocycles.